The van der Waals surface area contributed by atoms with E-state index >= 15 is 0 Å². The molecule has 0 aliphatic heterocycles. The largest absolute Gasteiger partial charge is 0.416 e. The van der Waals surface area contributed by atoms with Gasteiger partial charge in [0.1, 0.15) is 0 Å². The maximum absolute atomic E-state index is 13.3. The number of aldehydes is 1. The van der Waals surface area contributed by atoms with E-state index in [9.17, 15) is 55.4 Å². The predicted molar refractivity (Wildman–Crippen MR) is 243 cm³/mol. The van der Waals surface area contributed by atoms with E-state index in [-0.39, 0.29) is 56.4 Å². The highest BCUT2D eigenvalue weighted by molar-refractivity contribution is 5.87. The number of aliphatic hydroxyl groups is 1. The van der Waals surface area contributed by atoms with Crippen molar-refractivity contribution in [3.8, 4) is 45.3 Å². The molecule has 0 radical (unpaired) electrons. The number of alkyl halides is 6. The number of halogens is 6. The first-order valence-corrected chi connectivity index (χ1v) is 20.3. The van der Waals surface area contributed by atoms with Crippen LogP contribution >= 0.6 is 0 Å². The van der Waals surface area contributed by atoms with Crippen LogP contribution in [0.25, 0.3) is 55.0 Å². The average Bonchev–Trinajstić information content (AvgIpc) is 3.97. The topological polar surface area (TPSA) is 170 Å². The highest BCUT2D eigenvalue weighted by Crippen LogP contribution is 2.34. The molecule has 70 heavy (non-hydrogen) atoms. The lowest BCUT2D eigenvalue weighted by Crippen LogP contribution is -2.40. The Balaban J connectivity index is 0.000000206. The fourth-order valence-corrected chi connectivity index (χ4v) is 7.62. The van der Waals surface area contributed by atoms with Gasteiger partial charge < -0.3 is 5.11 Å². The third kappa shape index (κ3) is 8.89. The first-order valence-electron chi connectivity index (χ1n) is 20.3. The molecule has 16 nitrogen and oxygen atoms in total. The summed E-state index contributed by atoms with van der Waals surface area (Å²) in [7, 11) is 2.42. The molecule has 0 amide bonds. The second-order valence-corrected chi connectivity index (χ2v) is 15.3. The molecule has 0 saturated heterocycles. The number of nitrogens with zero attached hydrogens (tertiary/aromatic N) is 10. The van der Waals surface area contributed by atoms with Gasteiger partial charge in [0.2, 0.25) is 0 Å². The molecular formula is C48H34F6N10O6. The monoisotopic (exact) mass is 960 g/mol. The molecule has 0 bridgehead atoms. The fraction of sp³-hybridized carbons (Fsp3) is 0.146. The van der Waals surface area contributed by atoms with E-state index in [0.29, 0.717) is 29.0 Å². The Hall–Kier alpha value is -9.15. The van der Waals surface area contributed by atoms with E-state index in [4.69, 9.17) is 13.1 Å². The van der Waals surface area contributed by atoms with Crippen LogP contribution in [0.4, 0.5) is 37.7 Å². The van der Waals surface area contributed by atoms with Crippen molar-refractivity contribution in [3.05, 3.63) is 208 Å². The van der Waals surface area contributed by atoms with Crippen molar-refractivity contribution < 1.29 is 36.2 Å². The van der Waals surface area contributed by atoms with Gasteiger partial charge in [-0.3, -0.25) is 32.7 Å². The molecule has 0 unspecified atom stereocenters. The molecule has 1 N–H and O–H groups in total. The normalized spacial score (nSPS) is 11.4. The molecular weight excluding hydrogens is 927 g/mol. The minimum Gasteiger partial charge on any atom is -0.392 e. The Labute approximate surface area is 390 Å². The average molecular weight is 961 g/mol. The summed E-state index contributed by atoms with van der Waals surface area (Å²) in [6.07, 6.45) is -6.18. The zero-order chi connectivity index (χ0) is 51.0. The molecule has 0 atom stereocenters. The van der Waals surface area contributed by atoms with E-state index in [1.807, 2.05) is 0 Å². The maximum atomic E-state index is 13.3. The Morgan fingerprint density at radius 3 is 1.39 bits per heavy atom. The number of aliphatic hydroxyl groups excluding tert-OH is 1. The van der Waals surface area contributed by atoms with E-state index < -0.39 is 52.6 Å². The zero-order valence-corrected chi connectivity index (χ0v) is 36.9. The predicted octanol–water partition coefficient (Wildman–Crippen LogP) is 7.84. The lowest BCUT2D eigenvalue weighted by atomic mass is 10.1. The summed E-state index contributed by atoms with van der Waals surface area (Å²) in [5.41, 5.74) is -3.00. The minimum absolute atomic E-state index is 0.0136. The maximum Gasteiger partial charge on any atom is 0.416 e. The second kappa shape index (κ2) is 18.9. The number of hydrogen-bond acceptors (Lipinski definition) is 8. The number of carbonyl (C=O) groups excluding carboxylic acids is 1. The molecule has 354 valence electrons. The Morgan fingerprint density at radius 2 is 1.00 bits per heavy atom. The highest BCUT2D eigenvalue weighted by Gasteiger charge is 2.33. The molecule has 8 rings (SSSR count). The molecule has 0 aliphatic carbocycles. The number of rotatable bonds is 8. The summed E-state index contributed by atoms with van der Waals surface area (Å²) in [5, 5.41) is 18.4. The van der Waals surface area contributed by atoms with Crippen LogP contribution in [0.3, 0.4) is 0 Å². The quantitative estimate of drug-likeness (QED) is 0.0913. The van der Waals surface area contributed by atoms with Gasteiger partial charge in [-0.15, -0.1) is 0 Å². The first kappa shape index (κ1) is 48.8. The zero-order valence-electron chi connectivity index (χ0n) is 36.9. The van der Waals surface area contributed by atoms with Crippen LogP contribution < -0.4 is 22.5 Å². The standard InChI is InChI=1S/C24H18F3N5O3.C24H16F3N5O3/c2*1-14-20(21-15(13-33)12-29-32(21)18-9-7-17(28-2)8-10-18)22(34)30(3)23(35)31(14)19-6-4-5-16(11-19)24(25,26)27/h4-12,33H,13H2,1,3H3;4-13H,1,3H3. The number of benzene rings is 4. The molecule has 4 aromatic carbocycles. The van der Waals surface area contributed by atoms with Gasteiger partial charge in [0.05, 0.1) is 94.1 Å². The number of hydrogen-bond donors (Lipinski definition) is 1. The third-order valence-corrected chi connectivity index (χ3v) is 11.1. The Kier molecular flexibility index (Phi) is 13.1. The summed E-state index contributed by atoms with van der Waals surface area (Å²) in [6.45, 7) is 16.6. The van der Waals surface area contributed by atoms with E-state index in [2.05, 4.69) is 19.9 Å². The van der Waals surface area contributed by atoms with E-state index in [1.54, 1.807) is 36.4 Å². The van der Waals surface area contributed by atoms with E-state index in [0.717, 1.165) is 48.6 Å². The summed E-state index contributed by atoms with van der Waals surface area (Å²) < 4.78 is 86.2. The van der Waals surface area contributed by atoms with Crippen molar-refractivity contribution >= 4 is 17.7 Å². The van der Waals surface area contributed by atoms with Gasteiger partial charge in [-0.2, -0.15) is 36.5 Å². The molecule has 8 aromatic rings. The van der Waals surface area contributed by atoms with Crippen LogP contribution in [0.2, 0.25) is 0 Å². The van der Waals surface area contributed by atoms with Crippen molar-refractivity contribution in [3.63, 3.8) is 0 Å². The van der Waals surface area contributed by atoms with Crippen LogP contribution in [-0.2, 0) is 33.1 Å². The van der Waals surface area contributed by atoms with Gasteiger partial charge in [-0.05, 0) is 74.5 Å². The van der Waals surface area contributed by atoms with Crippen LogP contribution in [0.1, 0.15) is 38.4 Å². The molecule has 0 spiro atoms. The Bertz CT molecular complexity index is 3700. The minimum atomic E-state index is -4.64. The second-order valence-electron chi connectivity index (χ2n) is 15.3. The van der Waals surface area contributed by atoms with Gasteiger partial charge in [0, 0.05) is 31.0 Å². The van der Waals surface area contributed by atoms with Gasteiger partial charge >= 0.3 is 23.7 Å². The molecule has 0 saturated carbocycles. The highest BCUT2D eigenvalue weighted by atomic mass is 19.4. The van der Waals surface area contributed by atoms with Crippen LogP contribution in [0, 0.1) is 27.0 Å². The Morgan fingerprint density at radius 1 is 0.600 bits per heavy atom. The summed E-state index contributed by atoms with van der Waals surface area (Å²) in [5.74, 6) is 0. The van der Waals surface area contributed by atoms with Crippen LogP contribution in [-0.4, -0.2) is 49.2 Å². The third-order valence-electron chi connectivity index (χ3n) is 11.1. The smallest absolute Gasteiger partial charge is 0.392 e. The molecule has 0 fully saturated rings. The van der Waals surface area contributed by atoms with Crippen LogP contribution in [0.15, 0.2) is 129 Å². The summed E-state index contributed by atoms with van der Waals surface area (Å²) in [4.78, 5) is 71.0. The molecule has 4 aromatic heterocycles. The molecule has 0 aliphatic rings. The van der Waals surface area contributed by atoms with Gasteiger partial charge in [-0.25, -0.2) is 28.6 Å². The lowest BCUT2D eigenvalue weighted by molar-refractivity contribution is -0.138. The van der Waals surface area contributed by atoms with Gasteiger partial charge in [0.15, 0.2) is 17.7 Å². The SMILES string of the molecule is [C-]#[N+]c1ccc(-n2ncc(C=O)c2-c2c(C)n(-c3cccc(C(F)(F)F)c3)c(=O)n(C)c2=O)cc1.[C-]#[N+]c1ccc(-n2ncc(CO)c2-c2c(C)n(-c3cccc(C(F)(F)F)c3)c(=O)n(C)c2=O)cc1. The molecule has 22 heteroatoms. The van der Waals surface area contributed by atoms with Crippen LogP contribution in [0.5, 0.6) is 0 Å². The number of carbonyl (C=O) groups is 1. The lowest BCUT2D eigenvalue weighted by Gasteiger charge is -2.18. The summed E-state index contributed by atoms with van der Waals surface area (Å²) in [6, 6.07) is 20.9. The molecule has 4 heterocycles. The van der Waals surface area contributed by atoms with Crippen molar-refractivity contribution in [1.82, 2.24) is 37.8 Å². The van der Waals surface area contributed by atoms with Gasteiger partial charge in [-0.1, -0.05) is 36.4 Å². The first-order chi connectivity index (χ1) is 33.2. The van der Waals surface area contributed by atoms with E-state index in [1.165, 1.54) is 80.0 Å². The van der Waals surface area contributed by atoms with Crippen molar-refractivity contribution in [2.45, 2.75) is 32.8 Å². The number of aromatic nitrogens is 8. The summed E-state index contributed by atoms with van der Waals surface area (Å²) >= 11 is 0. The van der Waals surface area contributed by atoms with Crippen molar-refractivity contribution in [1.29, 1.82) is 0 Å². The van der Waals surface area contributed by atoms with Gasteiger partial charge in [0.25, 0.3) is 11.1 Å². The van der Waals surface area contributed by atoms with Crippen molar-refractivity contribution in [2.24, 2.45) is 14.1 Å². The van der Waals surface area contributed by atoms with Crippen molar-refractivity contribution in [2.75, 3.05) is 0 Å². The fourth-order valence-electron chi connectivity index (χ4n) is 7.62.